The van der Waals surface area contributed by atoms with Crippen molar-refractivity contribution < 1.29 is 9.84 Å². The van der Waals surface area contributed by atoms with Crippen molar-refractivity contribution in [2.45, 2.75) is 38.2 Å². The minimum absolute atomic E-state index is 0.0220. The minimum atomic E-state index is -0.621. The summed E-state index contributed by atoms with van der Waals surface area (Å²) in [7, 11) is 0. The van der Waals surface area contributed by atoms with E-state index in [0.717, 1.165) is 37.5 Å². The van der Waals surface area contributed by atoms with E-state index in [-0.39, 0.29) is 5.41 Å². The maximum atomic E-state index is 10.4. The summed E-state index contributed by atoms with van der Waals surface area (Å²) in [6, 6.07) is 12.2. The molecular formula is C22H30ClN3O2S. The molecule has 0 aliphatic carbocycles. The Bertz CT molecular complexity index is 818. The van der Waals surface area contributed by atoms with E-state index < -0.39 is 6.10 Å². The smallest absolute Gasteiger partial charge is 0.191 e. The first-order valence-corrected chi connectivity index (χ1v) is 11.3. The fraction of sp³-hybridized carbons (Fsp3) is 0.500. The number of rotatable bonds is 7. The highest BCUT2D eigenvalue weighted by atomic mass is 35.5. The normalized spacial score (nSPS) is 17.7. The summed E-state index contributed by atoms with van der Waals surface area (Å²) in [5, 5.41) is 17.0. The van der Waals surface area contributed by atoms with E-state index in [9.17, 15) is 5.11 Å². The summed E-state index contributed by atoms with van der Waals surface area (Å²) in [5.41, 5.74) is 2.63. The lowest BCUT2D eigenvalue weighted by Gasteiger charge is -2.37. The van der Waals surface area contributed by atoms with Gasteiger partial charge in [-0.1, -0.05) is 35.9 Å². The molecule has 1 unspecified atom stereocenters. The van der Waals surface area contributed by atoms with E-state index in [0.29, 0.717) is 23.4 Å². The molecule has 0 amide bonds. The van der Waals surface area contributed by atoms with E-state index in [1.165, 1.54) is 22.5 Å². The maximum Gasteiger partial charge on any atom is 0.191 e. The van der Waals surface area contributed by atoms with Crippen LogP contribution in [0.5, 0.6) is 0 Å². The molecule has 0 saturated carbocycles. The molecule has 3 N–H and O–H groups in total. The van der Waals surface area contributed by atoms with E-state index in [2.05, 4.69) is 41.8 Å². The molecule has 1 aromatic heterocycles. The number of hydrogen-bond acceptors (Lipinski definition) is 4. The van der Waals surface area contributed by atoms with Gasteiger partial charge in [0, 0.05) is 36.6 Å². The number of benzene rings is 1. The summed E-state index contributed by atoms with van der Waals surface area (Å²) in [5.74, 6) is 0.716. The second kappa shape index (κ2) is 10.4. The van der Waals surface area contributed by atoms with Gasteiger partial charge in [0.1, 0.15) is 6.10 Å². The Labute approximate surface area is 182 Å². The minimum Gasteiger partial charge on any atom is -0.386 e. The first-order valence-electron chi connectivity index (χ1n) is 10.1. The van der Waals surface area contributed by atoms with Crippen molar-refractivity contribution in [2.24, 2.45) is 4.99 Å². The highest BCUT2D eigenvalue weighted by molar-refractivity contribution is 7.16. The van der Waals surface area contributed by atoms with E-state index >= 15 is 0 Å². The molecule has 5 nitrogen and oxygen atoms in total. The molecule has 1 fully saturated rings. The van der Waals surface area contributed by atoms with Crippen LogP contribution < -0.4 is 10.6 Å². The number of hydrogen-bond donors (Lipinski definition) is 3. The second-order valence-corrected chi connectivity index (χ2v) is 9.19. The molecule has 29 heavy (non-hydrogen) atoms. The SMILES string of the molecule is CCNC(=NCC1(c2ccccc2C)CCOCC1)NCC(O)c1ccc(Cl)s1. The predicted octanol–water partition coefficient (Wildman–Crippen LogP) is 4.05. The number of guanidine groups is 1. The highest BCUT2D eigenvalue weighted by Gasteiger charge is 2.35. The Morgan fingerprint density at radius 2 is 2.00 bits per heavy atom. The second-order valence-electron chi connectivity index (χ2n) is 7.44. The first-order chi connectivity index (χ1) is 14.0. The van der Waals surface area contributed by atoms with Crippen molar-refractivity contribution in [3.8, 4) is 0 Å². The zero-order valence-electron chi connectivity index (χ0n) is 17.1. The molecule has 0 radical (unpaired) electrons. The Hall–Kier alpha value is -1.60. The van der Waals surface area contributed by atoms with Crippen LogP contribution in [0.25, 0.3) is 0 Å². The van der Waals surface area contributed by atoms with Crippen LogP contribution in [0.15, 0.2) is 41.4 Å². The summed E-state index contributed by atoms with van der Waals surface area (Å²) < 4.78 is 6.33. The van der Waals surface area contributed by atoms with Crippen LogP contribution in [-0.4, -0.2) is 43.9 Å². The van der Waals surface area contributed by atoms with E-state index in [1.807, 2.05) is 13.0 Å². The number of aliphatic hydroxyl groups is 1. The van der Waals surface area contributed by atoms with Crippen LogP contribution in [0.4, 0.5) is 0 Å². The fourth-order valence-corrected chi connectivity index (χ4v) is 4.86. The van der Waals surface area contributed by atoms with Crippen molar-refractivity contribution in [1.82, 2.24) is 10.6 Å². The van der Waals surface area contributed by atoms with Crippen molar-refractivity contribution >= 4 is 28.9 Å². The monoisotopic (exact) mass is 435 g/mol. The third-order valence-electron chi connectivity index (χ3n) is 5.44. The first kappa shape index (κ1) is 22.1. The Balaban J connectivity index is 1.73. The Kier molecular flexibility index (Phi) is 7.95. The average Bonchev–Trinajstić information content (AvgIpc) is 3.17. The zero-order chi connectivity index (χ0) is 20.7. The molecule has 2 aromatic rings. The molecule has 2 heterocycles. The van der Waals surface area contributed by atoms with Crippen molar-refractivity contribution in [1.29, 1.82) is 0 Å². The van der Waals surface area contributed by atoms with Crippen LogP contribution in [0.2, 0.25) is 4.34 Å². The number of ether oxygens (including phenoxy) is 1. The summed E-state index contributed by atoms with van der Waals surface area (Å²) >= 11 is 7.38. The van der Waals surface area contributed by atoms with Crippen LogP contribution >= 0.6 is 22.9 Å². The summed E-state index contributed by atoms with van der Waals surface area (Å²) in [6.07, 6.45) is 1.29. The molecule has 0 bridgehead atoms. The predicted molar refractivity (Wildman–Crippen MR) is 121 cm³/mol. The Morgan fingerprint density at radius 1 is 1.24 bits per heavy atom. The highest BCUT2D eigenvalue weighted by Crippen LogP contribution is 2.37. The number of aliphatic hydroxyl groups excluding tert-OH is 1. The lowest BCUT2D eigenvalue weighted by molar-refractivity contribution is 0.0529. The quantitative estimate of drug-likeness (QED) is 0.453. The summed E-state index contributed by atoms with van der Waals surface area (Å²) in [6.45, 7) is 7.53. The third-order valence-corrected chi connectivity index (χ3v) is 6.77. The molecule has 1 aliphatic heterocycles. The lowest BCUT2D eigenvalue weighted by Crippen LogP contribution is -2.42. The van der Waals surface area contributed by atoms with Gasteiger partial charge in [-0.05, 0) is 49.9 Å². The molecule has 0 spiro atoms. The van der Waals surface area contributed by atoms with Gasteiger partial charge in [0.15, 0.2) is 5.96 Å². The van der Waals surface area contributed by atoms with Gasteiger partial charge in [0.2, 0.25) is 0 Å². The van der Waals surface area contributed by atoms with Gasteiger partial charge in [-0.25, -0.2) is 0 Å². The van der Waals surface area contributed by atoms with Gasteiger partial charge in [0.25, 0.3) is 0 Å². The largest absolute Gasteiger partial charge is 0.386 e. The number of nitrogens with zero attached hydrogens (tertiary/aromatic N) is 1. The van der Waals surface area contributed by atoms with Crippen LogP contribution in [0, 0.1) is 6.92 Å². The van der Waals surface area contributed by atoms with Gasteiger partial charge >= 0.3 is 0 Å². The lowest BCUT2D eigenvalue weighted by atomic mass is 9.72. The summed E-state index contributed by atoms with van der Waals surface area (Å²) in [4.78, 5) is 5.75. The average molecular weight is 436 g/mol. The molecule has 3 rings (SSSR count). The number of aliphatic imine (C=N–C) groups is 1. The molecule has 1 aliphatic rings. The zero-order valence-corrected chi connectivity index (χ0v) is 18.7. The van der Waals surface area contributed by atoms with E-state index in [1.54, 1.807) is 6.07 Å². The molecule has 1 saturated heterocycles. The Morgan fingerprint density at radius 3 is 2.66 bits per heavy atom. The van der Waals surface area contributed by atoms with Crippen LogP contribution in [0.1, 0.15) is 41.9 Å². The number of nitrogens with one attached hydrogen (secondary N) is 2. The van der Waals surface area contributed by atoms with Gasteiger partial charge < -0.3 is 20.5 Å². The van der Waals surface area contributed by atoms with Gasteiger partial charge in [-0.3, -0.25) is 4.99 Å². The van der Waals surface area contributed by atoms with Crippen LogP contribution in [-0.2, 0) is 10.2 Å². The van der Waals surface area contributed by atoms with Gasteiger partial charge in [-0.2, -0.15) is 0 Å². The van der Waals surface area contributed by atoms with Crippen molar-refractivity contribution in [3.05, 3.63) is 56.7 Å². The van der Waals surface area contributed by atoms with E-state index in [4.69, 9.17) is 21.3 Å². The van der Waals surface area contributed by atoms with Crippen molar-refractivity contribution in [3.63, 3.8) is 0 Å². The fourth-order valence-electron chi connectivity index (χ4n) is 3.82. The standard InChI is InChI=1S/C22H30ClN3O2S/c1-3-24-21(25-14-18(27)19-8-9-20(23)29-19)26-15-22(10-12-28-13-11-22)17-7-5-4-6-16(17)2/h4-9,18,27H,3,10-15H2,1-2H3,(H2,24,25,26). The van der Waals surface area contributed by atoms with Gasteiger partial charge in [-0.15, -0.1) is 11.3 Å². The molecule has 7 heteroatoms. The number of halogens is 1. The molecular weight excluding hydrogens is 406 g/mol. The third kappa shape index (κ3) is 5.72. The van der Waals surface area contributed by atoms with Gasteiger partial charge in [0.05, 0.1) is 10.9 Å². The number of aryl methyl sites for hydroxylation is 1. The number of thiophene rings is 1. The van der Waals surface area contributed by atoms with Crippen molar-refractivity contribution in [2.75, 3.05) is 32.8 Å². The van der Waals surface area contributed by atoms with Crippen LogP contribution in [0.3, 0.4) is 0 Å². The molecule has 1 atom stereocenters. The topological polar surface area (TPSA) is 65.9 Å². The molecule has 158 valence electrons. The molecule has 1 aromatic carbocycles. The maximum absolute atomic E-state index is 10.4.